The Bertz CT molecular complexity index is 898. The molecule has 0 aliphatic rings. The minimum Gasteiger partial charge on any atom is -0.780 e. The third-order valence-corrected chi connectivity index (χ3v) is 4.58. The zero-order valence-electron chi connectivity index (χ0n) is 14.1. The molecular formula is C16H15NO9P2-2. The van der Waals surface area contributed by atoms with E-state index in [1.165, 1.54) is 48.5 Å². The molecule has 0 saturated carbocycles. The number of phosphoric acid groups is 2. The number of carbonyl (C=O) groups excluding carboxylic acids is 1. The lowest BCUT2D eigenvalue weighted by Gasteiger charge is -2.35. The maximum absolute atomic E-state index is 12.9. The van der Waals surface area contributed by atoms with Crippen molar-refractivity contribution in [3.05, 3.63) is 71.8 Å². The van der Waals surface area contributed by atoms with Gasteiger partial charge < -0.3 is 23.4 Å². The van der Waals surface area contributed by atoms with Crippen LogP contribution in [0.15, 0.2) is 60.7 Å². The Balaban J connectivity index is 2.69. The SMILES string of the molecule is N=C(CC(C(=O)OP(=O)(O)O)(c1ccccc1)c1ccccc1)OP(=O)([O-])[O-]. The monoisotopic (exact) mass is 427 g/mol. The van der Waals surface area contributed by atoms with Gasteiger partial charge in [-0.3, -0.25) is 20.0 Å². The zero-order chi connectivity index (χ0) is 21.0. The van der Waals surface area contributed by atoms with Crippen LogP contribution in [0.3, 0.4) is 0 Å². The summed E-state index contributed by atoms with van der Waals surface area (Å²) >= 11 is 0. The molecule has 10 nitrogen and oxygen atoms in total. The van der Waals surface area contributed by atoms with Crippen molar-refractivity contribution in [3.63, 3.8) is 0 Å². The van der Waals surface area contributed by atoms with Crippen LogP contribution in [0.1, 0.15) is 17.5 Å². The highest BCUT2D eigenvalue weighted by molar-refractivity contribution is 7.46. The molecule has 2 rings (SSSR count). The molecular weight excluding hydrogens is 412 g/mol. The van der Waals surface area contributed by atoms with Crippen LogP contribution in [0, 0.1) is 5.41 Å². The fourth-order valence-corrected chi connectivity index (χ4v) is 3.42. The molecule has 0 heterocycles. The molecule has 0 bridgehead atoms. The zero-order valence-corrected chi connectivity index (χ0v) is 15.9. The summed E-state index contributed by atoms with van der Waals surface area (Å²) in [6.07, 6.45) is -0.839. The quantitative estimate of drug-likeness (QED) is 0.327. The topological polar surface area (TPSA) is 180 Å². The van der Waals surface area contributed by atoms with Gasteiger partial charge in [0.05, 0.1) is 0 Å². The van der Waals surface area contributed by atoms with E-state index in [0.717, 1.165) is 0 Å². The smallest absolute Gasteiger partial charge is 0.527 e. The second-order valence-corrected chi connectivity index (χ2v) is 7.89. The van der Waals surface area contributed by atoms with E-state index < -0.39 is 39.3 Å². The third kappa shape index (κ3) is 5.59. The first kappa shape index (κ1) is 22.0. The van der Waals surface area contributed by atoms with E-state index in [0.29, 0.717) is 0 Å². The summed E-state index contributed by atoms with van der Waals surface area (Å²) in [5, 5.41) is 7.73. The Hall–Kier alpha value is -2.32. The van der Waals surface area contributed by atoms with Crippen LogP contribution >= 0.6 is 15.6 Å². The summed E-state index contributed by atoms with van der Waals surface area (Å²) in [6, 6.07) is 15.0. The first-order chi connectivity index (χ1) is 12.9. The van der Waals surface area contributed by atoms with Crippen LogP contribution in [0.4, 0.5) is 0 Å². The Morgan fingerprint density at radius 2 is 1.36 bits per heavy atom. The maximum atomic E-state index is 12.9. The summed E-state index contributed by atoms with van der Waals surface area (Å²) in [4.78, 5) is 52.8. The number of phosphoric ester groups is 2. The normalized spacial score (nSPS) is 12.3. The van der Waals surface area contributed by atoms with E-state index in [4.69, 9.17) is 15.2 Å². The van der Waals surface area contributed by atoms with Crippen LogP contribution < -0.4 is 9.79 Å². The molecule has 3 N–H and O–H groups in total. The third-order valence-electron chi connectivity index (χ3n) is 3.73. The van der Waals surface area contributed by atoms with Gasteiger partial charge in [0.15, 0.2) is 5.90 Å². The van der Waals surface area contributed by atoms with Crippen molar-refractivity contribution in [2.75, 3.05) is 0 Å². The second kappa shape index (κ2) is 8.36. The number of carbonyl (C=O) groups is 1. The van der Waals surface area contributed by atoms with Crippen LogP contribution in [0.5, 0.6) is 0 Å². The lowest BCUT2D eigenvalue weighted by molar-refractivity contribution is -0.335. The first-order valence-electron chi connectivity index (χ1n) is 7.64. The van der Waals surface area contributed by atoms with Crippen LogP contribution in [0.2, 0.25) is 0 Å². The van der Waals surface area contributed by atoms with Gasteiger partial charge in [-0.1, -0.05) is 60.7 Å². The number of rotatable bonds is 7. The van der Waals surface area contributed by atoms with Crippen LogP contribution in [-0.2, 0) is 28.4 Å². The highest BCUT2D eigenvalue weighted by Gasteiger charge is 2.47. The van der Waals surface area contributed by atoms with Crippen LogP contribution in [0.25, 0.3) is 0 Å². The predicted octanol–water partition coefficient (Wildman–Crippen LogP) is 0.821. The second-order valence-electron chi connectivity index (χ2n) is 5.65. The summed E-state index contributed by atoms with van der Waals surface area (Å²) in [5.41, 5.74) is -1.78. The van der Waals surface area contributed by atoms with E-state index in [1.807, 2.05) is 0 Å². The van der Waals surface area contributed by atoms with Crippen LogP contribution in [-0.4, -0.2) is 21.7 Å². The molecule has 28 heavy (non-hydrogen) atoms. The van der Waals surface area contributed by atoms with Gasteiger partial charge in [-0.15, -0.1) is 0 Å². The van der Waals surface area contributed by atoms with Crippen molar-refractivity contribution in [2.45, 2.75) is 11.8 Å². The number of benzene rings is 2. The predicted molar refractivity (Wildman–Crippen MR) is 92.8 cm³/mol. The molecule has 150 valence electrons. The van der Waals surface area contributed by atoms with Gasteiger partial charge in [0.1, 0.15) is 13.2 Å². The van der Waals surface area contributed by atoms with Crippen molar-refractivity contribution < 1.29 is 42.5 Å². The van der Waals surface area contributed by atoms with Crippen molar-refractivity contribution in [2.24, 2.45) is 0 Å². The lowest BCUT2D eigenvalue weighted by Crippen LogP contribution is -2.41. The van der Waals surface area contributed by atoms with Gasteiger partial charge in [-0.2, -0.15) is 0 Å². The Morgan fingerprint density at radius 3 is 1.71 bits per heavy atom. The molecule has 2 aromatic carbocycles. The average Bonchev–Trinajstić information content (AvgIpc) is 2.58. The molecule has 2 aromatic rings. The average molecular weight is 427 g/mol. The summed E-state index contributed by atoms with van der Waals surface area (Å²) < 4.78 is 30.5. The molecule has 0 spiro atoms. The summed E-state index contributed by atoms with van der Waals surface area (Å²) in [7, 11) is -10.9. The molecule has 0 radical (unpaired) electrons. The highest BCUT2D eigenvalue weighted by atomic mass is 31.2. The van der Waals surface area contributed by atoms with E-state index in [9.17, 15) is 23.7 Å². The maximum Gasteiger partial charge on any atom is 0.527 e. The van der Waals surface area contributed by atoms with Gasteiger partial charge in [-0.05, 0) is 11.1 Å². The van der Waals surface area contributed by atoms with Gasteiger partial charge in [0.25, 0.3) is 0 Å². The van der Waals surface area contributed by atoms with Gasteiger partial charge in [-0.25, -0.2) is 4.57 Å². The molecule has 0 unspecified atom stereocenters. The molecule has 0 amide bonds. The molecule has 0 fully saturated rings. The largest absolute Gasteiger partial charge is 0.780 e. The number of hydrogen-bond donors (Lipinski definition) is 3. The Labute approximate surface area is 159 Å². The molecule has 12 heteroatoms. The van der Waals surface area contributed by atoms with Crippen molar-refractivity contribution in [3.8, 4) is 0 Å². The summed E-state index contributed by atoms with van der Waals surface area (Å²) in [5.74, 6) is -2.54. The van der Waals surface area contributed by atoms with E-state index in [1.54, 1.807) is 12.1 Å². The minimum atomic E-state index is -5.59. The van der Waals surface area contributed by atoms with E-state index >= 15 is 0 Å². The number of nitrogens with one attached hydrogen (secondary N) is 1. The minimum absolute atomic E-state index is 0.139. The molecule has 0 aliphatic heterocycles. The van der Waals surface area contributed by atoms with Crippen molar-refractivity contribution in [1.29, 1.82) is 5.41 Å². The molecule has 0 aliphatic carbocycles. The fraction of sp³-hybridized carbons (Fsp3) is 0.125. The van der Waals surface area contributed by atoms with Gasteiger partial charge in [0.2, 0.25) is 0 Å². The highest BCUT2D eigenvalue weighted by Crippen LogP contribution is 2.45. The molecule has 0 atom stereocenters. The first-order valence-corrected chi connectivity index (χ1v) is 10.6. The van der Waals surface area contributed by atoms with Gasteiger partial charge >= 0.3 is 13.8 Å². The summed E-state index contributed by atoms with van der Waals surface area (Å²) in [6.45, 7) is 0. The lowest BCUT2D eigenvalue weighted by atomic mass is 9.72. The van der Waals surface area contributed by atoms with E-state index in [-0.39, 0.29) is 11.1 Å². The molecule has 0 saturated heterocycles. The fourth-order valence-electron chi connectivity index (χ4n) is 2.72. The Kier molecular flexibility index (Phi) is 6.56. The van der Waals surface area contributed by atoms with Crippen molar-refractivity contribution in [1.82, 2.24) is 0 Å². The Morgan fingerprint density at radius 1 is 0.929 bits per heavy atom. The van der Waals surface area contributed by atoms with E-state index in [2.05, 4.69) is 9.05 Å². The standard InChI is InChI=1S/C16H17NO9P2/c17-14(25-27(19,20)21)11-16(12-7-3-1-4-8-12,13-9-5-2-6-10-13)15(18)26-28(22,23)24/h1-10,17H,11H2,(H2,19,20,21)(H2,22,23,24)/p-2. The number of hydrogen-bond acceptors (Lipinski definition) is 8. The van der Waals surface area contributed by atoms with Crippen molar-refractivity contribution >= 4 is 27.5 Å². The molecule has 0 aromatic heterocycles. The van der Waals surface area contributed by atoms with Gasteiger partial charge in [0, 0.05) is 6.42 Å².